The number of carbonyl (C=O) groups excluding carboxylic acids is 2. The molecule has 0 radical (unpaired) electrons. The normalized spacial score (nSPS) is 37.6. The van der Waals surface area contributed by atoms with Crippen LogP contribution in [0.5, 0.6) is 0 Å². The number of ketones is 2. The maximum atomic E-state index is 12.1. The maximum absolute atomic E-state index is 12.1. The van der Waals surface area contributed by atoms with Gasteiger partial charge in [0, 0.05) is 26.1 Å². The lowest BCUT2D eigenvalue weighted by atomic mass is 9.60. The number of hydrogen-bond donors (Lipinski definition) is 2. The van der Waals surface area contributed by atoms with Crippen LogP contribution in [-0.2, 0) is 19.1 Å². The van der Waals surface area contributed by atoms with Crippen LogP contribution in [0.25, 0.3) is 0 Å². The van der Waals surface area contributed by atoms with Crippen molar-refractivity contribution < 1.29 is 29.3 Å². The second kappa shape index (κ2) is 12.6. The summed E-state index contributed by atoms with van der Waals surface area (Å²) in [5.74, 6) is 0.648. The van der Waals surface area contributed by atoms with E-state index < -0.39 is 6.10 Å². The van der Waals surface area contributed by atoms with Gasteiger partial charge in [-0.3, -0.25) is 9.59 Å². The van der Waals surface area contributed by atoms with Crippen LogP contribution >= 0.6 is 0 Å². The third-order valence-electron chi connectivity index (χ3n) is 7.83. The van der Waals surface area contributed by atoms with Gasteiger partial charge < -0.3 is 19.7 Å². The monoisotopic (exact) mass is 480 g/mol. The Bertz CT molecular complexity index is 737. The lowest BCUT2D eigenvalue weighted by Crippen LogP contribution is -2.52. The Labute approximate surface area is 206 Å². The second-order valence-corrected chi connectivity index (χ2v) is 11.3. The van der Waals surface area contributed by atoms with Crippen LogP contribution in [0.3, 0.4) is 0 Å². The number of allylic oxidation sites excluding steroid dienone is 4. The van der Waals surface area contributed by atoms with Crippen molar-refractivity contribution in [1.82, 2.24) is 0 Å². The van der Waals surface area contributed by atoms with E-state index in [0.29, 0.717) is 24.5 Å². The Hall–Kier alpha value is -1.34. The van der Waals surface area contributed by atoms with Gasteiger partial charge in [-0.05, 0) is 61.5 Å². The van der Waals surface area contributed by atoms with Gasteiger partial charge in [0.2, 0.25) is 0 Å². The smallest absolute Gasteiger partial charge is 0.159 e. The van der Waals surface area contributed by atoms with E-state index in [1.807, 2.05) is 26.8 Å². The number of methoxy groups -OCH3 is 1. The van der Waals surface area contributed by atoms with Crippen LogP contribution in [0.2, 0.25) is 0 Å². The molecule has 1 heterocycles. The molecule has 2 saturated carbocycles. The van der Waals surface area contributed by atoms with Crippen molar-refractivity contribution in [2.45, 2.75) is 92.6 Å². The molecule has 2 N–H and O–H groups in total. The summed E-state index contributed by atoms with van der Waals surface area (Å²) in [6.07, 6.45) is 8.70. The molecule has 3 rings (SSSR count). The van der Waals surface area contributed by atoms with Gasteiger partial charge in [0.25, 0.3) is 0 Å². The maximum Gasteiger partial charge on any atom is 0.159 e. The van der Waals surface area contributed by atoms with Crippen molar-refractivity contribution in [3.63, 3.8) is 0 Å². The van der Waals surface area contributed by atoms with E-state index in [-0.39, 0.29) is 46.3 Å². The molecule has 34 heavy (non-hydrogen) atoms. The molecule has 196 valence electrons. The zero-order chi connectivity index (χ0) is 26.4. The Kier molecular flexibility index (Phi) is 11.3. The molecule has 0 bridgehead atoms. The number of rotatable bonds is 5. The summed E-state index contributed by atoms with van der Waals surface area (Å²) in [6.45, 7) is 16.4. The van der Waals surface area contributed by atoms with Gasteiger partial charge in [0.1, 0.15) is 0 Å². The lowest BCUT2D eigenvalue weighted by Gasteiger charge is -2.47. The molecule has 8 atom stereocenters. The third-order valence-corrected chi connectivity index (χ3v) is 7.83. The first-order valence-corrected chi connectivity index (χ1v) is 12.5. The summed E-state index contributed by atoms with van der Waals surface area (Å²) in [7, 11) is 2.62. The van der Waals surface area contributed by atoms with E-state index in [9.17, 15) is 14.7 Å². The number of ether oxygens (including phenoxy) is 2. The standard InChI is InChI=1S/C14H24O3.C13H20O2.CH4O/c1-6-7-10(15)12-9(2)13(16)11(17-5)8-14(12,3)4;1-5-6-9(14)11-8(2)12-10(15-12)7-13(11,3)4;1-2/h6-7,9,11-13,16H,8H2,1-5H3;5-6,8,10-12H,7H2,1-4H3;2H,1H3/b7-6+;6-5+;. The average molecular weight is 481 g/mol. The van der Waals surface area contributed by atoms with Crippen LogP contribution in [0.4, 0.5) is 0 Å². The van der Waals surface area contributed by atoms with Crippen LogP contribution < -0.4 is 0 Å². The molecule has 3 aliphatic rings. The third kappa shape index (κ3) is 6.87. The van der Waals surface area contributed by atoms with Crippen molar-refractivity contribution in [1.29, 1.82) is 0 Å². The summed E-state index contributed by atoms with van der Waals surface area (Å²) >= 11 is 0. The molecule has 0 spiro atoms. The van der Waals surface area contributed by atoms with Crippen LogP contribution in [-0.4, -0.2) is 60.4 Å². The molecule has 6 heteroatoms. The Morgan fingerprint density at radius 1 is 0.882 bits per heavy atom. The largest absolute Gasteiger partial charge is 0.400 e. The van der Waals surface area contributed by atoms with Crippen molar-refractivity contribution in [2.75, 3.05) is 14.2 Å². The number of hydrogen-bond acceptors (Lipinski definition) is 6. The van der Waals surface area contributed by atoms with Crippen molar-refractivity contribution in [3.8, 4) is 0 Å². The van der Waals surface area contributed by atoms with Gasteiger partial charge >= 0.3 is 0 Å². The average Bonchev–Trinajstić information content (AvgIpc) is 3.51. The predicted molar refractivity (Wildman–Crippen MR) is 135 cm³/mol. The predicted octanol–water partition coefficient (Wildman–Crippen LogP) is 4.38. The molecule has 0 aromatic carbocycles. The Morgan fingerprint density at radius 2 is 1.32 bits per heavy atom. The van der Waals surface area contributed by atoms with Gasteiger partial charge in [-0.15, -0.1) is 0 Å². The minimum absolute atomic E-state index is 0.0765. The molecule has 0 amide bonds. The van der Waals surface area contributed by atoms with E-state index in [2.05, 4.69) is 34.6 Å². The van der Waals surface area contributed by atoms with Gasteiger partial charge in [-0.25, -0.2) is 0 Å². The topological polar surface area (TPSA) is 96.4 Å². The fourth-order valence-electron chi connectivity index (χ4n) is 6.39. The molecular weight excluding hydrogens is 432 g/mol. The van der Waals surface area contributed by atoms with Gasteiger partial charge in [0.05, 0.1) is 24.4 Å². The highest BCUT2D eigenvalue weighted by Crippen LogP contribution is 2.53. The number of epoxide rings is 1. The lowest BCUT2D eigenvalue weighted by molar-refractivity contribution is -0.147. The highest BCUT2D eigenvalue weighted by Gasteiger charge is 2.57. The second-order valence-electron chi connectivity index (χ2n) is 11.3. The molecule has 6 nitrogen and oxygen atoms in total. The molecule has 1 aliphatic heterocycles. The SMILES string of the molecule is C/C=C/C(=O)C1C(C)C(O)C(OC)CC1(C)C.C/C=C/C(=O)C1C(C)C2OC2CC1(C)C.CO. The van der Waals surface area contributed by atoms with E-state index in [1.165, 1.54) is 0 Å². The molecular formula is C28H48O6. The number of aliphatic hydroxyl groups excluding tert-OH is 2. The molecule has 0 aromatic rings. The number of fused-ring (bicyclic) bond motifs is 1. The Balaban J connectivity index is 0.000000318. The van der Waals surface area contributed by atoms with Crippen LogP contribution in [0.15, 0.2) is 24.3 Å². The zero-order valence-electron chi connectivity index (χ0n) is 22.9. The minimum atomic E-state index is -0.563. The zero-order valence-corrected chi connectivity index (χ0v) is 22.9. The first-order chi connectivity index (χ1) is 15.8. The van der Waals surface area contributed by atoms with Gasteiger partial charge in [-0.2, -0.15) is 0 Å². The Morgan fingerprint density at radius 3 is 1.76 bits per heavy atom. The fourth-order valence-corrected chi connectivity index (χ4v) is 6.39. The molecule has 1 saturated heterocycles. The van der Waals surface area contributed by atoms with Crippen LogP contribution in [0.1, 0.15) is 68.2 Å². The highest BCUT2D eigenvalue weighted by molar-refractivity contribution is 5.93. The fraction of sp³-hybridized carbons (Fsp3) is 0.786. The van der Waals surface area contributed by atoms with E-state index in [0.717, 1.165) is 13.5 Å². The molecule has 3 fully saturated rings. The molecule has 2 aliphatic carbocycles. The van der Waals surface area contributed by atoms with Crippen molar-refractivity contribution in [3.05, 3.63) is 24.3 Å². The number of carbonyl (C=O) groups is 2. The van der Waals surface area contributed by atoms with Crippen molar-refractivity contribution in [2.24, 2.45) is 34.5 Å². The van der Waals surface area contributed by atoms with E-state index >= 15 is 0 Å². The van der Waals surface area contributed by atoms with Crippen LogP contribution in [0, 0.1) is 34.5 Å². The first-order valence-electron chi connectivity index (χ1n) is 12.5. The highest BCUT2D eigenvalue weighted by atomic mass is 16.6. The van der Waals surface area contributed by atoms with Crippen molar-refractivity contribution >= 4 is 11.6 Å². The van der Waals surface area contributed by atoms with Gasteiger partial charge in [0.15, 0.2) is 11.6 Å². The molecule has 8 unspecified atom stereocenters. The van der Waals surface area contributed by atoms with Gasteiger partial charge in [-0.1, -0.05) is 53.7 Å². The summed E-state index contributed by atoms with van der Waals surface area (Å²) in [5.41, 5.74) is -0.0659. The molecule has 0 aromatic heterocycles. The van der Waals surface area contributed by atoms with E-state index in [1.54, 1.807) is 25.3 Å². The summed E-state index contributed by atoms with van der Waals surface area (Å²) in [6, 6.07) is 0. The summed E-state index contributed by atoms with van der Waals surface area (Å²) in [4.78, 5) is 24.2. The first kappa shape index (κ1) is 30.7. The minimum Gasteiger partial charge on any atom is -0.400 e. The number of aliphatic hydroxyl groups is 2. The quantitative estimate of drug-likeness (QED) is 0.448. The van der Waals surface area contributed by atoms with E-state index in [4.69, 9.17) is 14.6 Å². The summed E-state index contributed by atoms with van der Waals surface area (Å²) in [5, 5.41) is 17.2. The summed E-state index contributed by atoms with van der Waals surface area (Å²) < 4.78 is 10.9.